The lowest BCUT2D eigenvalue weighted by atomic mass is 10.1. The van der Waals surface area contributed by atoms with E-state index in [1.54, 1.807) is 42.4 Å². The molecule has 2 aromatic carbocycles. The van der Waals surface area contributed by atoms with Crippen LogP contribution in [-0.2, 0) is 22.7 Å². The van der Waals surface area contributed by atoms with Crippen molar-refractivity contribution in [3.8, 4) is 5.75 Å². The Morgan fingerprint density at radius 1 is 1.04 bits per heavy atom. The van der Waals surface area contributed by atoms with Gasteiger partial charge in [-0.15, -0.1) is 0 Å². The zero-order chi connectivity index (χ0) is 19.1. The average molecular weight is 365 g/mol. The van der Waals surface area contributed by atoms with Crippen LogP contribution in [-0.4, -0.2) is 33.7 Å². The SMILES string of the molecule is COc1ccc(NC(=O)C(=O)NCc2ccccc2Cn2cncn2)cc1. The largest absolute Gasteiger partial charge is 0.497 e. The van der Waals surface area contributed by atoms with Crippen LogP contribution in [0.5, 0.6) is 5.75 Å². The van der Waals surface area contributed by atoms with Crippen LogP contribution in [0.4, 0.5) is 5.69 Å². The van der Waals surface area contributed by atoms with Crippen molar-refractivity contribution in [3.05, 3.63) is 72.3 Å². The molecular formula is C19H19N5O3. The zero-order valence-corrected chi connectivity index (χ0v) is 14.8. The van der Waals surface area contributed by atoms with Crippen molar-refractivity contribution in [2.75, 3.05) is 12.4 Å². The molecule has 3 rings (SSSR count). The lowest BCUT2D eigenvalue weighted by molar-refractivity contribution is -0.136. The fourth-order valence-electron chi connectivity index (χ4n) is 2.49. The first kappa shape index (κ1) is 18.1. The van der Waals surface area contributed by atoms with Gasteiger partial charge in [-0.2, -0.15) is 5.10 Å². The highest BCUT2D eigenvalue weighted by Gasteiger charge is 2.14. The third kappa shape index (κ3) is 4.91. The Balaban J connectivity index is 1.57. The normalized spacial score (nSPS) is 10.3. The number of ether oxygens (including phenoxy) is 1. The second kappa shape index (κ2) is 8.61. The van der Waals surface area contributed by atoms with E-state index in [-0.39, 0.29) is 6.54 Å². The van der Waals surface area contributed by atoms with Crippen molar-refractivity contribution in [1.29, 1.82) is 0 Å². The summed E-state index contributed by atoms with van der Waals surface area (Å²) in [4.78, 5) is 28.1. The molecule has 0 saturated heterocycles. The molecule has 138 valence electrons. The molecular weight excluding hydrogens is 346 g/mol. The van der Waals surface area contributed by atoms with Gasteiger partial charge in [0.15, 0.2) is 0 Å². The van der Waals surface area contributed by atoms with E-state index in [0.29, 0.717) is 18.0 Å². The van der Waals surface area contributed by atoms with E-state index < -0.39 is 11.8 Å². The van der Waals surface area contributed by atoms with Crippen LogP contribution in [0.2, 0.25) is 0 Å². The number of aromatic nitrogens is 3. The third-order valence-corrected chi connectivity index (χ3v) is 3.91. The van der Waals surface area contributed by atoms with Gasteiger partial charge in [-0.1, -0.05) is 24.3 Å². The van der Waals surface area contributed by atoms with Crippen LogP contribution < -0.4 is 15.4 Å². The number of anilines is 1. The summed E-state index contributed by atoms with van der Waals surface area (Å²) >= 11 is 0. The van der Waals surface area contributed by atoms with Gasteiger partial charge in [-0.05, 0) is 35.4 Å². The van der Waals surface area contributed by atoms with Crippen LogP contribution in [0.3, 0.4) is 0 Å². The fourth-order valence-corrected chi connectivity index (χ4v) is 2.49. The molecule has 2 N–H and O–H groups in total. The summed E-state index contributed by atoms with van der Waals surface area (Å²) in [6.07, 6.45) is 3.09. The summed E-state index contributed by atoms with van der Waals surface area (Å²) in [5.41, 5.74) is 2.40. The number of carbonyl (C=O) groups is 2. The second-order valence-electron chi connectivity index (χ2n) is 5.73. The number of benzene rings is 2. The maximum Gasteiger partial charge on any atom is 0.313 e. The topological polar surface area (TPSA) is 98.1 Å². The molecule has 0 atom stereocenters. The van der Waals surface area contributed by atoms with Crippen molar-refractivity contribution in [1.82, 2.24) is 20.1 Å². The fraction of sp³-hybridized carbons (Fsp3) is 0.158. The summed E-state index contributed by atoms with van der Waals surface area (Å²) in [5.74, 6) is -0.767. The Labute approximate surface area is 156 Å². The zero-order valence-electron chi connectivity index (χ0n) is 14.8. The van der Waals surface area contributed by atoms with Crippen molar-refractivity contribution in [2.45, 2.75) is 13.1 Å². The number of rotatable bonds is 6. The first-order chi connectivity index (χ1) is 13.2. The number of hydrogen-bond donors (Lipinski definition) is 2. The van der Waals surface area contributed by atoms with Gasteiger partial charge in [0.25, 0.3) is 0 Å². The average Bonchev–Trinajstić information content (AvgIpc) is 3.20. The molecule has 0 bridgehead atoms. The highest BCUT2D eigenvalue weighted by atomic mass is 16.5. The third-order valence-electron chi connectivity index (χ3n) is 3.91. The minimum atomic E-state index is -0.728. The minimum absolute atomic E-state index is 0.236. The van der Waals surface area contributed by atoms with Crippen LogP contribution in [0, 0.1) is 0 Å². The van der Waals surface area contributed by atoms with Gasteiger partial charge in [-0.3, -0.25) is 9.59 Å². The molecule has 1 aromatic heterocycles. The van der Waals surface area contributed by atoms with Crippen LogP contribution in [0.15, 0.2) is 61.2 Å². The number of hydrogen-bond acceptors (Lipinski definition) is 5. The summed E-state index contributed by atoms with van der Waals surface area (Å²) < 4.78 is 6.75. The predicted molar refractivity (Wildman–Crippen MR) is 99.0 cm³/mol. The summed E-state index contributed by atoms with van der Waals surface area (Å²) in [6.45, 7) is 0.768. The molecule has 8 heteroatoms. The van der Waals surface area contributed by atoms with E-state index in [9.17, 15) is 9.59 Å². The Bertz CT molecular complexity index is 907. The molecule has 3 aromatic rings. The van der Waals surface area contributed by atoms with Gasteiger partial charge in [0.1, 0.15) is 18.4 Å². The van der Waals surface area contributed by atoms with Gasteiger partial charge < -0.3 is 15.4 Å². The Kier molecular flexibility index (Phi) is 5.78. The molecule has 0 radical (unpaired) electrons. The quantitative estimate of drug-likeness (QED) is 0.647. The molecule has 0 fully saturated rings. The van der Waals surface area contributed by atoms with Crippen LogP contribution >= 0.6 is 0 Å². The molecule has 0 spiro atoms. The molecule has 1 heterocycles. The van der Waals surface area contributed by atoms with Crippen molar-refractivity contribution in [2.24, 2.45) is 0 Å². The van der Waals surface area contributed by atoms with Gasteiger partial charge in [-0.25, -0.2) is 9.67 Å². The van der Waals surface area contributed by atoms with Crippen molar-refractivity contribution >= 4 is 17.5 Å². The van der Waals surface area contributed by atoms with Crippen LogP contribution in [0.25, 0.3) is 0 Å². The molecule has 0 aliphatic heterocycles. The number of carbonyl (C=O) groups excluding carboxylic acids is 2. The first-order valence-electron chi connectivity index (χ1n) is 8.28. The maximum atomic E-state index is 12.1. The number of methoxy groups -OCH3 is 1. The Morgan fingerprint density at radius 2 is 1.78 bits per heavy atom. The number of nitrogens with one attached hydrogen (secondary N) is 2. The van der Waals surface area contributed by atoms with E-state index >= 15 is 0 Å². The van der Waals surface area contributed by atoms with E-state index in [2.05, 4.69) is 20.7 Å². The standard InChI is InChI=1S/C19H19N5O3/c1-27-17-8-6-16(7-9-17)23-19(26)18(25)21-10-14-4-2-3-5-15(14)11-24-13-20-12-22-24/h2-9,12-13H,10-11H2,1H3,(H,21,25)(H,23,26). The van der Waals surface area contributed by atoms with Crippen molar-refractivity contribution < 1.29 is 14.3 Å². The first-order valence-corrected chi connectivity index (χ1v) is 8.28. The molecule has 27 heavy (non-hydrogen) atoms. The lowest BCUT2D eigenvalue weighted by Crippen LogP contribution is -2.35. The second-order valence-corrected chi connectivity index (χ2v) is 5.73. The van der Waals surface area contributed by atoms with E-state index in [1.165, 1.54) is 6.33 Å². The molecule has 0 unspecified atom stereocenters. The van der Waals surface area contributed by atoms with Gasteiger partial charge in [0, 0.05) is 12.2 Å². The summed E-state index contributed by atoms with van der Waals surface area (Å²) in [7, 11) is 1.56. The monoisotopic (exact) mass is 365 g/mol. The molecule has 0 saturated carbocycles. The van der Waals surface area contributed by atoms with E-state index in [0.717, 1.165) is 11.1 Å². The van der Waals surface area contributed by atoms with Crippen LogP contribution in [0.1, 0.15) is 11.1 Å². The van der Waals surface area contributed by atoms with E-state index in [4.69, 9.17) is 4.74 Å². The molecule has 0 aliphatic rings. The summed E-state index contributed by atoms with van der Waals surface area (Å²) in [6, 6.07) is 14.4. The van der Waals surface area contributed by atoms with Gasteiger partial charge in [0.05, 0.1) is 13.7 Å². The van der Waals surface area contributed by atoms with Crippen molar-refractivity contribution in [3.63, 3.8) is 0 Å². The van der Waals surface area contributed by atoms with Gasteiger partial charge >= 0.3 is 11.8 Å². The Hall–Kier alpha value is -3.68. The smallest absolute Gasteiger partial charge is 0.313 e. The number of amides is 2. The summed E-state index contributed by atoms with van der Waals surface area (Å²) in [5, 5.41) is 9.27. The lowest BCUT2D eigenvalue weighted by Gasteiger charge is -2.11. The molecule has 2 amide bonds. The highest BCUT2D eigenvalue weighted by Crippen LogP contribution is 2.15. The highest BCUT2D eigenvalue weighted by molar-refractivity contribution is 6.39. The maximum absolute atomic E-state index is 12.1. The predicted octanol–water partition coefficient (Wildman–Crippen LogP) is 1.59. The molecule has 0 aliphatic carbocycles. The molecule has 8 nitrogen and oxygen atoms in total. The number of nitrogens with zero attached hydrogens (tertiary/aromatic N) is 3. The minimum Gasteiger partial charge on any atom is -0.497 e. The van der Waals surface area contributed by atoms with Gasteiger partial charge in [0.2, 0.25) is 0 Å². The van der Waals surface area contributed by atoms with E-state index in [1.807, 2.05) is 24.3 Å². The Morgan fingerprint density at radius 3 is 2.44 bits per heavy atom.